The molecule has 2 heterocycles. The van der Waals surface area contributed by atoms with Gasteiger partial charge >= 0.3 is 0 Å². The summed E-state index contributed by atoms with van der Waals surface area (Å²) in [5.74, 6) is 3.31. The maximum Gasteiger partial charge on any atom is 0.256 e. The molecule has 1 aromatic heterocycles. The predicted molar refractivity (Wildman–Crippen MR) is 62.3 cm³/mol. The van der Waals surface area contributed by atoms with Crippen LogP contribution in [0, 0.1) is 0 Å². The second-order valence-electron chi connectivity index (χ2n) is 3.65. The summed E-state index contributed by atoms with van der Waals surface area (Å²) >= 11 is 1.97. The minimum atomic E-state index is 0.419. The predicted octanol–water partition coefficient (Wildman–Crippen LogP) is 1.68. The van der Waals surface area contributed by atoms with Crippen molar-refractivity contribution in [3.63, 3.8) is 0 Å². The van der Waals surface area contributed by atoms with Gasteiger partial charge in [-0.15, -0.1) is 5.10 Å². The molecule has 82 valence electrons. The molecule has 0 aliphatic carbocycles. The second kappa shape index (κ2) is 4.70. The van der Waals surface area contributed by atoms with Gasteiger partial charge in [0.15, 0.2) is 0 Å². The van der Waals surface area contributed by atoms with Crippen molar-refractivity contribution in [2.24, 2.45) is 0 Å². The van der Waals surface area contributed by atoms with Crippen LogP contribution in [0.2, 0.25) is 0 Å². The highest BCUT2D eigenvalue weighted by molar-refractivity contribution is 7.99. The fourth-order valence-corrected chi connectivity index (χ4v) is 2.90. The summed E-state index contributed by atoms with van der Waals surface area (Å²) in [7, 11) is 1.55. The molecule has 1 atom stereocenters. The standard InChI is InChI=1S/C10H15N3OS/c1-14-10-8(11)5-9(12-13-10)7-3-2-4-15-6-7/h5,7H,2-4,6H2,1H3,(H2,11,12). The van der Waals surface area contributed by atoms with E-state index < -0.39 is 0 Å². The van der Waals surface area contributed by atoms with E-state index in [4.69, 9.17) is 10.5 Å². The fraction of sp³-hybridized carbons (Fsp3) is 0.600. The van der Waals surface area contributed by atoms with E-state index >= 15 is 0 Å². The molecule has 0 saturated carbocycles. The second-order valence-corrected chi connectivity index (χ2v) is 4.80. The molecule has 5 heteroatoms. The molecule has 0 aromatic carbocycles. The number of aromatic nitrogens is 2. The van der Waals surface area contributed by atoms with Crippen molar-refractivity contribution < 1.29 is 4.74 Å². The molecule has 1 fully saturated rings. The van der Waals surface area contributed by atoms with Crippen LogP contribution in [-0.2, 0) is 0 Å². The zero-order valence-electron chi connectivity index (χ0n) is 8.77. The Morgan fingerprint density at radius 1 is 1.53 bits per heavy atom. The van der Waals surface area contributed by atoms with E-state index in [0.29, 0.717) is 17.5 Å². The van der Waals surface area contributed by atoms with E-state index in [9.17, 15) is 0 Å². The molecular weight excluding hydrogens is 210 g/mol. The average Bonchev–Trinajstić information content (AvgIpc) is 2.30. The summed E-state index contributed by atoms with van der Waals surface area (Å²) in [6, 6.07) is 1.89. The third-order valence-electron chi connectivity index (χ3n) is 2.58. The number of anilines is 1. The van der Waals surface area contributed by atoms with Crippen LogP contribution in [0.1, 0.15) is 24.5 Å². The van der Waals surface area contributed by atoms with Gasteiger partial charge in [-0.1, -0.05) is 0 Å². The Balaban J connectivity index is 2.17. The third-order valence-corrected chi connectivity index (χ3v) is 3.79. The molecule has 0 spiro atoms. The lowest BCUT2D eigenvalue weighted by Gasteiger charge is -2.20. The Hall–Kier alpha value is -0.970. The first-order valence-electron chi connectivity index (χ1n) is 5.06. The van der Waals surface area contributed by atoms with Crippen molar-refractivity contribution in [3.8, 4) is 5.88 Å². The lowest BCUT2D eigenvalue weighted by molar-refractivity contribution is 0.393. The third kappa shape index (κ3) is 2.34. The van der Waals surface area contributed by atoms with E-state index in [1.165, 1.54) is 18.6 Å². The number of methoxy groups -OCH3 is 1. The Morgan fingerprint density at radius 2 is 2.40 bits per heavy atom. The lowest BCUT2D eigenvalue weighted by Crippen LogP contribution is -2.12. The summed E-state index contributed by atoms with van der Waals surface area (Å²) in [5.41, 5.74) is 7.39. The Kier molecular flexibility index (Phi) is 3.30. The lowest BCUT2D eigenvalue weighted by atomic mass is 10.0. The number of rotatable bonds is 2. The Morgan fingerprint density at radius 3 is 3.00 bits per heavy atom. The normalized spacial score (nSPS) is 21.3. The number of nitrogen functional groups attached to an aromatic ring is 1. The molecule has 1 saturated heterocycles. The van der Waals surface area contributed by atoms with Gasteiger partial charge in [-0.3, -0.25) is 0 Å². The Bertz CT molecular complexity index is 339. The zero-order chi connectivity index (χ0) is 10.7. The van der Waals surface area contributed by atoms with Crippen molar-refractivity contribution >= 4 is 17.4 Å². The summed E-state index contributed by atoms with van der Waals surface area (Å²) in [5, 5.41) is 8.13. The molecule has 4 nitrogen and oxygen atoms in total. The summed E-state index contributed by atoms with van der Waals surface area (Å²) in [6.45, 7) is 0. The monoisotopic (exact) mass is 225 g/mol. The average molecular weight is 225 g/mol. The molecule has 0 radical (unpaired) electrons. The van der Waals surface area contributed by atoms with Crippen molar-refractivity contribution in [3.05, 3.63) is 11.8 Å². The van der Waals surface area contributed by atoms with Gasteiger partial charge < -0.3 is 10.5 Å². The number of nitrogens with zero attached hydrogens (tertiary/aromatic N) is 2. The van der Waals surface area contributed by atoms with Crippen LogP contribution in [0.25, 0.3) is 0 Å². The number of nitrogens with two attached hydrogens (primary N) is 1. The van der Waals surface area contributed by atoms with Crippen LogP contribution < -0.4 is 10.5 Å². The molecule has 1 unspecified atom stereocenters. The van der Waals surface area contributed by atoms with E-state index in [1.54, 1.807) is 7.11 Å². The number of thioether (sulfide) groups is 1. The van der Waals surface area contributed by atoms with Crippen LogP contribution in [0.5, 0.6) is 5.88 Å². The van der Waals surface area contributed by atoms with Crippen molar-refractivity contribution in [1.29, 1.82) is 0 Å². The highest BCUT2D eigenvalue weighted by Crippen LogP contribution is 2.31. The van der Waals surface area contributed by atoms with Gasteiger partial charge in [0.05, 0.1) is 18.5 Å². The molecule has 1 aliphatic heterocycles. The molecule has 2 rings (SSSR count). The SMILES string of the molecule is COc1nnc(C2CCCSC2)cc1N. The molecule has 0 amide bonds. The topological polar surface area (TPSA) is 61.0 Å². The van der Waals surface area contributed by atoms with Crippen LogP contribution in [0.15, 0.2) is 6.07 Å². The minimum Gasteiger partial charge on any atom is -0.478 e. The van der Waals surface area contributed by atoms with Gasteiger partial charge in [-0.2, -0.15) is 16.9 Å². The summed E-state index contributed by atoms with van der Waals surface area (Å²) < 4.78 is 4.98. The molecule has 1 aliphatic rings. The van der Waals surface area contributed by atoms with Crippen LogP contribution in [0.3, 0.4) is 0 Å². The van der Waals surface area contributed by atoms with Gasteiger partial charge in [-0.05, 0) is 24.7 Å². The fourth-order valence-electron chi connectivity index (χ4n) is 1.74. The van der Waals surface area contributed by atoms with Gasteiger partial charge in [0, 0.05) is 11.7 Å². The first-order chi connectivity index (χ1) is 7.31. The minimum absolute atomic E-state index is 0.419. The van der Waals surface area contributed by atoms with Gasteiger partial charge in [0.25, 0.3) is 5.88 Å². The van der Waals surface area contributed by atoms with E-state index in [1.807, 2.05) is 17.8 Å². The maximum atomic E-state index is 5.80. The number of hydrogen-bond donors (Lipinski definition) is 1. The van der Waals surface area contributed by atoms with Crippen molar-refractivity contribution in [2.45, 2.75) is 18.8 Å². The molecule has 15 heavy (non-hydrogen) atoms. The highest BCUT2D eigenvalue weighted by atomic mass is 32.2. The van der Waals surface area contributed by atoms with Crippen molar-refractivity contribution in [2.75, 3.05) is 24.3 Å². The highest BCUT2D eigenvalue weighted by Gasteiger charge is 2.18. The number of hydrogen-bond acceptors (Lipinski definition) is 5. The van der Waals surface area contributed by atoms with Crippen LogP contribution >= 0.6 is 11.8 Å². The molecule has 1 aromatic rings. The van der Waals surface area contributed by atoms with Gasteiger partial charge in [0.2, 0.25) is 0 Å². The van der Waals surface area contributed by atoms with Crippen LogP contribution in [0.4, 0.5) is 5.69 Å². The van der Waals surface area contributed by atoms with E-state index in [2.05, 4.69) is 10.2 Å². The van der Waals surface area contributed by atoms with Gasteiger partial charge in [-0.25, -0.2) is 0 Å². The van der Waals surface area contributed by atoms with E-state index in [0.717, 1.165) is 11.4 Å². The zero-order valence-corrected chi connectivity index (χ0v) is 9.59. The smallest absolute Gasteiger partial charge is 0.256 e. The van der Waals surface area contributed by atoms with Crippen LogP contribution in [-0.4, -0.2) is 28.8 Å². The summed E-state index contributed by atoms with van der Waals surface area (Å²) in [4.78, 5) is 0. The number of ether oxygens (including phenoxy) is 1. The largest absolute Gasteiger partial charge is 0.478 e. The first-order valence-corrected chi connectivity index (χ1v) is 6.21. The quantitative estimate of drug-likeness (QED) is 0.829. The van der Waals surface area contributed by atoms with E-state index in [-0.39, 0.29) is 0 Å². The van der Waals surface area contributed by atoms with Gasteiger partial charge in [0.1, 0.15) is 0 Å². The summed E-state index contributed by atoms with van der Waals surface area (Å²) in [6.07, 6.45) is 2.44. The molecule has 2 N–H and O–H groups in total. The molecular formula is C10H15N3OS. The maximum absolute atomic E-state index is 5.80. The Labute approximate surface area is 93.6 Å². The molecule has 0 bridgehead atoms. The van der Waals surface area contributed by atoms with Crippen molar-refractivity contribution in [1.82, 2.24) is 10.2 Å². The first kappa shape index (κ1) is 10.5.